The Labute approximate surface area is 194 Å². The molecule has 2 fully saturated rings. The summed E-state index contributed by atoms with van der Waals surface area (Å²) < 4.78 is 45.2. The average Bonchev–Trinajstić information content (AvgIpc) is 3.45. The minimum absolute atomic E-state index is 0.0494. The third-order valence-corrected chi connectivity index (χ3v) is 7.98. The summed E-state index contributed by atoms with van der Waals surface area (Å²) in [6, 6.07) is 4.10. The molecule has 178 valence electrons. The Morgan fingerprint density at radius 1 is 1.21 bits per heavy atom. The van der Waals surface area contributed by atoms with Gasteiger partial charge >= 0.3 is 6.18 Å². The molecule has 1 saturated carbocycles. The van der Waals surface area contributed by atoms with Gasteiger partial charge in [-0.15, -0.1) is 11.3 Å². The number of anilines is 1. The predicted molar refractivity (Wildman–Crippen MR) is 119 cm³/mol. The minimum atomic E-state index is -4.41. The number of halogens is 3. The number of hydrogen-bond acceptors (Lipinski definition) is 6. The van der Waals surface area contributed by atoms with Crippen LogP contribution < -0.4 is 5.73 Å². The Morgan fingerprint density at radius 3 is 2.70 bits per heavy atom. The molecule has 3 heterocycles. The van der Waals surface area contributed by atoms with Gasteiger partial charge in [0.15, 0.2) is 5.13 Å². The monoisotopic (exact) mass is 480 g/mol. The fraction of sp³-hybridized carbons (Fsp3) is 0.565. The lowest BCUT2D eigenvalue weighted by Crippen LogP contribution is -2.49. The van der Waals surface area contributed by atoms with Gasteiger partial charge in [-0.05, 0) is 48.9 Å². The average molecular weight is 481 g/mol. The quantitative estimate of drug-likeness (QED) is 0.729. The number of thiazole rings is 1. The molecule has 33 heavy (non-hydrogen) atoms. The first kappa shape index (κ1) is 22.6. The lowest BCUT2D eigenvalue weighted by atomic mass is 9.80. The normalized spacial score (nSPS) is 26.4. The van der Waals surface area contributed by atoms with Crippen molar-refractivity contribution < 1.29 is 22.7 Å². The lowest BCUT2D eigenvalue weighted by molar-refractivity contribution is -0.138. The van der Waals surface area contributed by atoms with Crippen molar-refractivity contribution in [2.24, 2.45) is 0 Å². The number of ether oxygens (including phenoxy) is 1. The summed E-state index contributed by atoms with van der Waals surface area (Å²) in [5.74, 6) is -0.0494. The van der Waals surface area contributed by atoms with E-state index in [0.29, 0.717) is 55.4 Å². The summed E-state index contributed by atoms with van der Waals surface area (Å²) in [7, 11) is 0. The number of fused-ring (bicyclic) bond motifs is 1. The van der Waals surface area contributed by atoms with Gasteiger partial charge in [0.05, 0.1) is 29.9 Å². The van der Waals surface area contributed by atoms with Crippen LogP contribution >= 0.6 is 11.3 Å². The first-order valence-corrected chi connectivity index (χ1v) is 12.2. The number of benzene rings is 1. The van der Waals surface area contributed by atoms with Crippen LogP contribution in [0.4, 0.5) is 18.3 Å². The van der Waals surface area contributed by atoms with Crippen LogP contribution in [0.3, 0.4) is 0 Å². The molecule has 0 radical (unpaired) electrons. The van der Waals surface area contributed by atoms with Gasteiger partial charge in [0.2, 0.25) is 5.91 Å². The molecule has 2 N–H and O–H groups in total. The molecule has 3 aliphatic rings. The number of carbonyl (C=O) groups excluding carboxylic acids is 1. The molecule has 2 unspecified atom stereocenters. The lowest BCUT2D eigenvalue weighted by Gasteiger charge is -2.38. The van der Waals surface area contributed by atoms with Crippen molar-refractivity contribution in [2.75, 3.05) is 38.6 Å². The maximum absolute atomic E-state index is 14.0. The molecule has 5 rings (SSSR count). The fourth-order valence-electron chi connectivity index (χ4n) is 5.53. The summed E-state index contributed by atoms with van der Waals surface area (Å²) in [6.45, 7) is 3.72. The molecule has 2 aromatic rings. The highest BCUT2D eigenvalue weighted by molar-refractivity contribution is 7.13. The largest absolute Gasteiger partial charge is 0.416 e. The van der Waals surface area contributed by atoms with Crippen LogP contribution in [0.25, 0.3) is 0 Å². The standard InChI is InChI=1S/C23H27F3N4O2S/c24-23(25,26)17-2-1-15-4-6-30(13-16(15)11-17)20(31)22(19-14-33-21(27)28-19)5-3-18(12-22)29-7-9-32-10-8-29/h1-2,11,14,18H,3-10,12-13H2,(H2,27,28). The van der Waals surface area contributed by atoms with E-state index in [2.05, 4.69) is 9.88 Å². The van der Waals surface area contributed by atoms with Crippen LogP contribution in [0.2, 0.25) is 0 Å². The number of hydrogen-bond donors (Lipinski definition) is 1. The van der Waals surface area contributed by atoms with Crippen LogP contribution in [-0.2, 0) is 34.1 Å². The van der Waals surface area contributed by atoms with Gasteiger partial charge in [-0.25, -0.2) is 4.98 Å². The molecule has 1 saturated heterocycles. The van der Waals surface area contributed by atoms with E-state index in [0.717, 1.165) is 31.1 Å². The molecular formula is C23H27F3N4O2S. The summed E-state index contributed by atoms with van der Waals surface area (Å²) in [5.41, 5.74) is 6.60. The van der Waals surface area contributed by atoms with Gasteiger partial charge in [0.25, 0.3) is 0 Å². The van der Waals surface area contributed by atoms with Crippen molar-refractivity contribution in [3.05, 3.63) is 46.0 Å². The molecule has 0 bridgehead atoms. The molecule has 10 heteroatoms. The summed E-state index contributed by atoms with van der Waals surface area (Å²) in [5, 5.41) is 2.29. The maximum Gasteiger partial charge on any atom is 0.416 e. The number of carbonyl (C=O) groups is 1. The van der Waals surface area contributed by atoms with E-state index in [1.807, 2.05) is 5.38 Å². The third kappa shape index (κ3) is 4.24. The Kier molecular flexibility index (Phi) is 5.86. The van der Waals surface area contributed by atoms with Crippen LogP contribution in [-0.4, -0.2) is 59.6 Å². The number of nitrogen functional groups attached to an aromatic ring is 1. The van der Waals surface area contributed by atoms with Gasteiger partial charge in [-0.3, -0.25) is 9.69 Å². The second-order valence-electron chi connectivity index (χ2n) is 9.16. The number of alkyl halides is 3. The SMILES string of the molecule is Nc1nc(C2(C(=O)N3CCc4ccc(C(F)(F)F)cc4C3)CCC(N3CCOCC3)C2)cs1. The van der Waals surface area contributed by atoms with E-state index in [1.54, 1.807) is 11.0 Å². The van der Waals surface area contributed by atoms with Gasteiger partial charge in [0.1, 0.15) is 0 Å². The fourth-order valence-corrected chi connectivity index (χ4v) is 6.19. The van der Waals surface area contributed by atoms with E-state index >= 15 is 0 Å². The zero-order valence-corrected chi connectivity index (χ0v) is 19.1. The minimum Gasteiger partial charge on any atom is -0.379 e. The summed E-state index contributed by atoms with van der Waals surface area (Å²) in [4.78, 5) is 22.7. The number of nitrogens with zero attached hydrogens (tertiary/aromatic N) is 3. The van der Waals surface area contributed by atoms with Crippen molar-refractivity contribution in [1.29, 1.82) is 0 Å². The smallest absolute Gasteiger partial charge is 0.379 e. The van der Waals surface area contributed by atoms with Gasteiger partial charge < -0.3 is 15.4 Å². The van der Waals surface area contributed by atoms with Crippen LogP contribution in [0.15, 0.2) is 23.6 Å². The molecule has 1 aromatic heterocycles. The van der Waals surface area contributed by atoms with Crippen LogP contribution in [0.5, 0.6) is 0 Å². The van der Waals surface area contributed by atoms with E-state index in [9.17, 15) is 18.0 Å². The Hall–Kier alpha value is -2.17. The number of rotatable bonds is 3. The number of amides is 1. The molecule has 2 aliphatic heterocycles. The molecule has 0 spiro atoms. The molecule has 2 atom stereocenters. The van der Waals surface area contributed by atoms with Crippen molar-refractivity contribution >= 4 is 22.4 Å². The second kappa shape index (κ2) is 8.56. The first-order chi connectivity index (χ1) is 15.8. The number of morpholine rings is 1. The van der Waals surface area contributed by atoms with E-state index in [4.69, 9.17) is 10.5 Å². The zero-order valence-electron chi connectivity index (χ0n) is 18.2. The van der Waals surface area contributed by atoms with E-state index < -0.39 is 17.2 Å². The highest BCUT2D eigenvalue weighted by Gasteiger charge is 2.51. The van der Waals surface area contributed by atoms with E-state index in [-0.39, 0.29) is 18.5 Å². The van der Waals surface area contributed by atoms with Gasteiger partial charge in [-0.2, -0.15) is 13.2 Å². The highest BCUT2D eigenvalue weighted by atomic mass is 32.1. The van der Waals surface area contributed by atoms with E-state index in [1.165, 1.54) is 17.4 Å². The Bertz CT molecular complexity index is 1040. The third-order valence-electron chi connectivity index (χ3n) is 7.31. The number of aromatic nitrogens is 1. The van der Waals surface area contributed by atoms with Crippen molar-refractivity contribution in [1.82, 2.24) is 14.8 Å². The van der Waals surface area contributed by atoms with Gasteiger partial charge in [-0.1, -0.05) is 6.07 Å². The molecule has 1 aliphatic carbocycles. The Morgan fingerprint density at radius 2 is 2.00 bits per heavy atom. The first-order valence-electron chi connectivity index (χ1n) is 11.3. The van der Waals surface area contributed by atoms with Crippen molar-refractivity contribution in [2.45, 2.75) is 49.9 Å². The molecule has 1 amide bonds. The molecule has 6 nitrogen and oxygen atoms in total. The Balaban J connectivity index is 1.43. The predicted octanol–water partition coefficient (Wildman–Crippen LogP) is 3.45. The molecular weight excluding hydrogens is 453 g/mol. The van der Waals surface area contributed by atoms with Gasteiger partial charge in [0, 0.05) is 37.6 Å². The van der Waals surface area contributed by atoms with Crippen LogP contribution in [0.1, 0.15) is 41.6 Å². The summed E-state index contributed by atoms with van der Waals surface area (Å²) in [6.07, 6.45) is -1.70. The molecule has 1 aromatic carbocycles. The van der Waals surface area contributed by atoms with Crippen molar-refractivity contribution in [3.8, 4) is 0 Å². The summed E-state index contributed by atoms with van der Waals surface area (Å²) >= 11 is 1.32. The maximum atomic E-state index is 14.0. The zero-order chi connectivity index (χ0) is 23.2. The second-order valence-corrected chi connectivity index (χ2v) is 10.0. The topological polar surface area (TPSA) is 71.7 Å². The number of nitrogens with two attached hydrogens (primary N) is 1. The van der Waals surface area contributed by atoms with Crippen molar-refractivity contribution in [3.63, 3.8) is 0 Å². The van der Waals surface area contributed by atoms with Crippen LogP contribution in [0, 0.1) is 0 Å². The highest BCUT2D eigenvalue weighted by Crippen LogP contribution is 2.46.